The predicted molar refractivity (Wildman–Crippen MR) is 148 cm³/mol. The second-order valence-electron chi connectivity index (χ2n) is 7.97. The molecule has 10 nitrogen and oxygen atoms in total. The number of amides is 2. The van der Waals surface area contributed by atoms with E-state index in [-0.39, 0.29) is 29.4 Å². The number of hydrogen-bond donors (Lipinski definition) is 2. The lowest BCUT2D eigenvalue weighted by molar-refractivity contribution is 0.0732. The van der Waals surface area contributed by atoms with Crippen LogP contribution in [0.2, 0.25) is 0 Å². The fourth-order valence-electron chi connectivity index (χ4n) is 3.52. The zero-order chi connectivity index (χ0) is 27.4. The number of furan rings is 1. The van der Waals surface area contributed by atoms with Crippen LogP contribution in [-0.2, 0) is 0 Å². The van der Waals surface area contributed by atoms with Crippen LogP contribution in [0.5, 0.6) is 17.2 Å². The van der Waals surface area contributed by atoms with Gasteiger partial charge in [0.05, 0.1) is 22.5 Å². The van der Waals surface area contributed by atoms with Gasteiger partial charge in [-0.3, -0.25) is 9.59 Å². The molecule has 2 heterocycles. The highest BCUT2D eigenvalue weighted by Gasteiger charge is 2.20. The molecule has 39 heavy (non-hydrogen) atoms. The number of benzene rings is 3. The molecule has 1 aliphatic heterocycles. The molecule has 1 aliphatic rings. The van der Waals surface area contributed by atoms with E-state index in [9.17, 15) is 14.4 Å². The number of hydrogen-bond acceptors (Lipinski definition) is 8. The maximum Gasteiger partial charge on any atom is 0.343 e. The second kappa shape index (κ2) is 11.5. The van der Waals surface area contributed by atoms with Crippen LogP contribution in [0.15, 0.2) is 91.5 Å². The number of halogens is 2. The van der Waals surface area contributed by atoms with Crippen molar-refractivity contribution in [1.29, 1.82) is 0 Å². The van der Waals surface area contributed by atoms with Gasteiger partial charge in [-0.05, 0) is 76.6 Å². The largest absolute Gasteiger partial charge is 0.459 e. The molecule has 0 unspecified atom stereocenters. The molecule has 0 aliphatic carbocycles. The molecular weight excluding hydrogens is 638 g/mol. The fourth-order valence-corrected chi connectivity index (χ4v) is 4.86. The van der Waals surface area contributed by atoms with E-state index >= 15 is 0 Å². The van der Waals surface area contributed by atoms with Gasteiger partial charge in [0.1, 0.15) is 0 Å². The first-order chi connectivity index (χ1) is 18.9. The number of esters is 1. The Labute approximate surface area is 238 Å². The van der Waals surface area contributed by atoms with Crippen LogP contribution in [-0.4, -0.2) is 30.8 Å². The lowest BCUT2D eigenvalue weighted by atomic mass is 10.2. The highest BCUT2D eigenvalue weighted by Crippen LogP contribution is 2.35. The van der Waals surface area contributed by atoms with Crippen LogP contribution >= 0.6 is 31.9 Å². The van der Waals surface area contributed by atoms with Crippen molar-refractivity contribution < 1.29 is 33.0 Å². The summed E-state index contributed by atoms with van der Waals surface area (Å²) < 4.78 is 22.5. The molecule has 0 bridgehead atoms. The van der Waals surface area contributed by atoms with Crippen molar-refractivity contribution >= 4 is 61.5 Å². The summed E-state index contributed by atoms with van der Waals surface area (Å²) in [6, 6.07) is 17.6. The molecule has 3 aromatic carbocycles. The third-order valence-electron chi connectivity index (χ3n) is 5.34. The lowest BCUT2D eigenvalue weighted by Crippen LogP contribution is -2.18. The van der Waals surface area contributed by atoms with Gasteiger partial charge in [-0.1, -0.05) is 22.0 Å². The highest BCUT2D eigenvalue weighted by atomic mass is 79.9. The Morgan fingerprint density at radius 1 is 0.897 bits per heavy atom. The SMILES string of the molecule is O=C(NN=Cc1cc(Br)cc(Br)c1OC(=O)c1ccc2c(c1)OCO2)c1cccc(NC(=O)c2ccco2)c1. The molecule has 12 heteroatoms. The van der Waals surface area contributed by atoms with Gasteiger partial charge in [0, 0.05) is 21.3 Å². The van der Waals surface area contributed by atoms with E-state index in [0.29, 0.717) is 31.7 Å². The topological polar surface area (TPSA) is 128 Å². The molecule has 0 spiro atoms. The van der Waals surface area contributed by atoms with Gasteiger partial charge in [-0.15, -0.1) is 0 Å². The number of nitrogens with one attached hydrogen (secondary N) is 2. The first-order valence-electron chi connectivity index (χ1n) is 11.3. The minimum atomic E-state index is -0.622. The number of anilines is 1. The van der Waals surface area contributed by atoms with E-state index in [1.165, 1.54) is 30.7 Å². The number of carbonyl (C=O) groups is 3. The van der Waals surface area contributed by atoms with Crippen LogP contribution in [0.1, 0.15) is 36.8 Å². The van der Waals surface area contributed by atoms with Gasteiger partial charge in [0.25, 0.3) is 11.8 Å². The summed E-state index contributed by atoms with van der Waals surface area (Å²) in [4.78, 5) is 37.8. The van der Waals surface area contributed by atoms with Crippen molar-refractivity contribution in [2.24, 2.45) is 5.10 Å². The van der Waals surface area contributed by atoms with E-state index in [1.54, 1.807) is 48.5 Å². The minimum Gasteiger partial charge on any atom is -0.459 e. The summed E-state index contributed by atoms with van der Waals surface area (Å²) >= 11 is 6.81. The summed E-state index contributed by atoms with van der Waals surface area (Å²) in [6.07, 6.45) is 2.74. The van der Waals surface area contributed by atoms with Gasteiger partial charge < -0.3 is 23.9 Å². The van der Waals surface area contributed by atoms with E-state index in [0.717, 1.165) is 0 Å². The quantitative estimate of drug-likeness (QED) is 0.112. The Hall–Kier alpha value is -4.42. The smallest absolute Gasteiger partial charge is 0.343 e. The zero-order valence-electron chi connectivity index (χ0n) is 19.8. The van der Waals surface area contributed by atoms with Gasteiger partial charge in [-0.25, -0.2) is 10.2 Å². The van der Waals surface area contributed by atoms with Crippen LogP contribution in [0, 0.1) is 0 Å². The summed E-state index contributed by atoms with van der Waals surface area (Å²) in [5, 5.41) is 6.68. The van der Waals surface area contributed by atoms with Gasteiger partial charge in [-0.2, -0.15) is 5.10 Å². The van der Waals surface area contributed by atoms with Gasteiger partial charge in [0.15, 0.2) is 23.0 Å². The van der Waals surface area contributed by atoms with Gasteiger partial charge >= 0.3 is 5.97 Å². The predicted octanol–water partition coefficient (Wildman–Crippen LogP) is 5.77. The standard InChI is InChI=1S/C27H17Br2N3O7/c28-18-9-17(24(20(29)12-18)39-27(35)16-6-7-21-23(11-16)38-14-37-21)13-30-32-25(33)15-3-1-4-19(10-15)31-26(34)22-5-2-8-36-22/h1-13H,14H2,(H,31,34)(H,32,33). The first kappa shape index (κ1) is 26.2. The summed E-state index contributed by atoms with van der Waals surface area (Å²) in [6.45, 7) is 0.0856. The number of carbonyl (C=O) groups excluding carboxylic acids is 3. The van der Waals surface area contributed by atoms with Crippen LogP contribution in [0.3, 0.4) is 0 Å². The van der Waals surface area contributed by atoms with Crippen molar-refractivity contribution in [2.45, 2.75) is 0 Å². The Kier molecular flexibility index (Phi) is 7.75. The average Bonchev–Trinajstić information content (AvgIpc) is 3.63. The molecule has 2 amide bonds. The number of hydrazone groups is 1. The monoisotopic (exact) mass is 653 g/mol. The van der Waals surface area contributed by atoms with Crippen LogP contribution in [0.25, 0.3) is 0 Å². The average molecular weight is 655 g/mol. The van der Waals surface area contributed by atoms with E-state index in [2.05, 4.69) is 47.7 Å². The molecule has 0 radical (unpaired) electrons. The van der Waals surface area contributed by atoms with E-state index in [4.69, 9.17) is 18.6 Å². The van der Waals surface area contributed by atoms with Gasteiger partial charge in [0.2, 0.25) is 6.79 Å². The molecule has 5 rings (SSSR count). The van der Waals surface area contributed by atoms with Crippen molar-refractivity contribution in [3.63, 3.8) is 0 Å². The third-order valence-corrected chi connectivity index (χ3v) is 6.38. The molecule has 0 saturated heterocycles. The number of fused-ring (bicyclic) bond motifs is 1. The van der Waals surface area contributed by atoms with Crippen molar-refractivity contribution in [3.8, 4) is 17.2 Å². The molecular formula is C27H17Br2N3O7. The second-order valence-corrected chi connectivity index (χ2v) is 9.74. The summed E-state index contributed by atoms with van der Waals surface area (Å²) in [5.74, 6) is -0.250. The molecule has 0 saturated carbocycles. The molecule has 0 atom stereocenters. The number of ether oxygens (including phenoxy) is 3. The van der Waals surface area contributed by atoms with Crippen LogP contribution in [0.4, 0.5) is 5.69 Å². The Balaban J connectivity index is 1.28. The maximum atomic E-state index is 12.9. The molecule has 0 fully saturated rings. The van der Waals surface area contributed by atoms with Crippen molar-refractivity contribution in [2.75, 3.05) is 12.1 Å². The Bertz CT molecular complexity index is 1600. The third kappa shape index (κ3) is 6.19. The molecule has 196 valence electrons. The van der Waals surface area contributed by atoms with E-state index in [1.807, 2.05) is 0 Å². The lowest BCUT2D eigenvalue weighted by Gasteiger charge is -2.11. The minimum absolute atomic E-state index is 0.0856. The van der Waals surface area contributed by atoms with E-state index < -0.39 is 17.8 Å². The maximum absolute atomic E-state index is 12.9. The summed E-state index contributed by atoms with van der Waals surface area (Å²) in [7, 11) is 0. The highest BCUT2D eigenvalue weighted by molar-refractivity contribution is 9.11. The Morgan fingerprint density at radius 3 is 2.56 bits per heavy atom. The van der Waals surface area contributed by atoms with Crippen molar-refractivity contribution in [3.05, 3.63) is 104 Å². The zero-order valence-corrected chi connectivity index (χ0v) is 22.9. The number of nitrogens with zero attached hydrogens (tertiary/aromatic N) is 1. The summed E-state index contributed by atoms with van der Waals surface area (Å²) in [5.41, 5.74) is 3.77. The molecule has 1 aromatic heterocycles. The van der Waals surface area contributed by atoms with Crippen LogP contribution < -0.4 is 25.0 Å². The molecule has 2 N–H and O–H groups in total. The Morgan fingerprint density at radius 2 is 1.74 bits per heavy atom. The molecule has 4 aromatic rings. The normalized spacial score (nSPS) is 11.8. The fraction of sp³-hybridized carbons (Fsp3) is 0.0370. The number of rotatable bonds is 7. The first-order valence-corrected chi connectivity index (χ1v) is 12.8. The van der Waals surface area contributed by atoms with Crippen molar-refractivity contribution in [1.82, 2.24) is 5.43 Å².